The summed E-state index contributed by atoms with van der Waals surface area (Å²) < 4.78 is 10.6. The average Bonchev–Trinajstić information content (AvgIpc) is 3.25. The molecule has 30 heavy (non-hydrogen) atoms. The Labute approximate surface area is 184 Å². The Kier molecular flexibility index (Phi) is 7.64. The second-order valence-corrected chi connectivity index (χ2v) is 8.46. The van der Waals surface area contributed by atoms with E-state index in [0.717, 1.165) is 30.6 Å². The second-order valence-electron chi connectivity index (χ2n) is 6.79. The molecule has 0 atom stereocenters. The van der Waals surface area contributed by atoms with E-state index < -0.39 is 0 Å². The number of aryl methyl sites for hydroxylation is 1. The Bertz CT molecular complexity index is 953. The molecule has 0 saturated carbocycles. The molecule has 1 saturated heterocycles. The predicted octanol–water partition coefficient (Wildman–Crippen LogP) is 4.39. The molecule has 1 aromatic carbocycles. The first-order valence-corrected chi connectivity index (χ1v) is 10.8. The number of thiocarbonyl (C=S) groups is 1. The van der Waals surface area contributed by atoms with E-state index in [1.54, 1.807) is 25.0 Å². The molecule has 7 nitrogen and oxygen atoms in total. The normalized spacial score (nSPS) is 15.1. The number of anilines is 1. The number of nitrogens with one attached hydrogen (secondary N) is 1. The first-order chi connectivity index (χ1) is 14.5. The van der Waals surface area contributed by atoms with Crippen LogP contribution >= 0.6 is 24.0 Å². The van der Waals surface area contributed by atoms with Crippen LogP contribution in [0, 0.1) is 6.92 Å². The summed E-state index contributed by atoms with van der Waals surface area (Å²) in [5.74, 6) is 1.68. The van der Waals surface area contributed by atoms with Gasteiger partial charge in [0, 0.05) is 19.0 Å². The molecule has 0 unspecified atom stereocenters. The molecule has 0 spiro atoms. The number of methoxy groups -OCH3 is 1. The standard InChI is InChI=1S/C21H23N3O4S2/c1-14-12-18(23-28-14)22-19(25)6-4-3-5-11-24-20(26)17(30-21(24)29)13-15-7-9-16(27-2)10-8-15/h7-10,12-13H,3-6,11H2,1-2H3,(H,22,23,25)/b17-13-. The molecular formula is C21H23N3O4S2. The number of amides is 2. The van der Waals surface area contributed by atoms with E-state index in [1.165, 1.54) is 11.8 Å². The van der Waals surface area contributed by atoms with E-state index in [9.17, 15) is 9.59 Å². The molecule has 2 heterocycles. The number of rotatable bonds is 9. The smallest absolute Gasteiger partial charge is 0.266 e. The van der Waals surface area contributed by atoms with E-state index in [-0.39, 0.29) is 11.8 Å². The van der Waals surface area contributed by atoms with Gasteiger partial charge in [-0.15, -0.1) is 0 Å². The third-order valence-corrected chi connectivity index (χ3v) is 5.85. The van der Waals surface area contributed by atoms with Crippen molar-refractivity contribution in [3.8, 4) is 5.75 Å². The van der Waals surface area contributed by atoms with Crippen molar-refractivity contribution in [1.29, 1.82) is 0 Å². The fourth-order valence-electron chi connectivity index (χ4n) is 2.91. The topological polar surface area (TPSA) is 84.7 Å². The van der Waals surface area contributed by atoms with Gasteiger partial charge in [0.15, 0.2) is 5.82 Å². The van der Waals surface area contributed by atoms with Crippen LogP contribution in [0.5, 0.6) is 5.75 Å². The highest BCUT2D eigenvalue weighted by Gasteiger charge is 2.31. The molecule has 1 N–H and O–H groups in total. The minimum Gasteiger partial charge on any atom is -0.497 e. The summed E-state index contributed by atoms with van der Waals surface area (Å²) in [4.78, 5) is 26.8. The summed E-state index contributed by atoms with van der Waals surface area (Å²) in [6.45, 7) is 2.32. The molecule has 0 aliphatic carbocycles. The molecule has 1 aliphatic heterocycles. The third kappa shape index (κ3) is 5.93. The van der Waals surface area contributed by atoms with E-state index in [1.807, 2.05) is 30.3 Å². The maximum Gasteiger partial charge on any atom is 0.266 e. The van der Waals surface area contributed by atoms with Crippen molar-refractivity contribution >= 4 is 52.0 Å². The Morgan fingerprint density at radius 2 is 2.07 bits per heavy atom. The van der Waals surface area contributed by atoms with Gasteiger partial charge in [0.2, 0.25) is 5.91 Å². The molecule has 3 rings (SSSR count). The molecule has 1 aromatic heterocycles. The number of ether oxygens (including phenoxy) is 1. The van der Waals surface area contributed by atoms with Gasteiger partial charge in [-0.05, 0) is 43.5 Å². The van der Waals surface area contributed by atoms with Crippen LogP contribution in [0.1, 0.15) is 37.0 Å². The van der Waals surface area contributed by atoms with Gasteiger partial charge in [0.05, 0.1) is 12.0 Å². The van der Waals surface area contributed by atoms with Crippen molar-refractivity contribution in [2.45, 2.75) is 32.6 Å². The highest BCUT2D eigenvalue weighted by atomic mass is 32.2. The number of thioether (sulfide) groups is 1. The van der Waals surface area contributed by atoms with Crippen molar-refractivity contribution in [2.75, 3.05) is 19.0 Å². The molecule has 1 aliphatic rings. The number of carbonyl (C=O) groups excluding carboxylic acids is 2. The van der Waals surface area contributed by atoms with Gasteiger partial charge in [-0.1, -0.05) is 47.7 Å². The Morgan fingerprint density at radius 3 is 2.73 bits per heavy atom. The van der Waals surface area contributed by atoms with Gasteiger partial charge in [-0.3, -0.25) is 14.5 Å². The van der Waals surface area contributed by atoms with Crippen molar-refractivity contribution in [2.24, 2.45) is 0 Å². The molecule has 2 aromatic rings. The number of carbonyl (C=O) groups is 2. The third-order valence-electron chi connectivity index (χ3n) is 4.47. The summed E-state index contributed by atoms with van der Waals surface area (Å²) in [5.41, 5.74) is 0.921. The van der Waals surface area contributed by atoms with Crippen LogP contribution in [0.25, 0.3) is 6.08 Å². The summed E-state index contributed by atoms with van der Waals surface area (Å²) in [7, 11) is 1.62. The molecule has 9 heteroatoms. The molecule has 2 amide bonds. The van der Waals surface area contributed by atoms with E-state index in [4.69, 9.17) is 21.5 Å². The fourth-order valence-corrected chi connectivity index (χ4v) is 4.22. The van der Waals surface area contributed by atoms with Crippen molar-refractivity contribution in [1.82, 2.24) is 10.1 Å². The summed E-state index contributed by atoms with van der Waals surface area (Å²) in [5, 5.41) is 6.43. The van der Waals surface area contributed by atoms with Gasteiger partial charge >= 0.3 is 0 Å². The fraction of sp³-hybridized carbons (Fsp3) is 0.333. The quantitative estimate of drug-likeness (QED) is 0.348. The molecular weight excluding hydrogens is 422 g/mol. The van der Waals surface area contributed by atoms with Gasteiger partial charge in [0.25, 0.3) is 5.91 Å². The number of hydrogen-bond acceptors (Lipinski definition) is 7. The predicted molar refractivity (Wildman–Crippen MR) is 121 cm³/mol. The SMILES string of the molecule is COc1ccc(/C=C2\SC(=S)N(CCCCCC(=O)Nc3cc(C)on3)C2=O)cc1. The zero-order valence-corrected chi connectivity index (χ0v) is 18.5. The van der Waals surface area contributed by atoms with Gasteiger partial charge in [-0.25, -0.2) is 0 Å². The van der Waals surface area contributed by atoms with Gasteiger partial charge in [-0.2, -0.15) is 0 Å². The Hall–Kier alpha value is -2.65. The van der Waals surface area contributed by atoms with Gasteiger partial charge in [0.1, 0.15) is 15.8 Å². The van der Waals surface area contributed by atoms with E-state index in [0.29, 0.717) is 33.8 Å². The largest absolute Gasteiger partial charge is 0.497 e. The first kappa shape index (κ1) is 22.0. The summed E-state index contributed by atoms with van der Waals surface area (Å²) >= 11 is 6.69. The highest BCUT2D eigenvalue weighted by Crippen LogP contribution is 2.33. The Balaban J connectivity index is 1.42. The van der Waals surface area contributed by atoms with Crippen LogP contribution in [0.4, 0.5) is 5.82 Å². The zero-order chi connectivity index (χ0) is 21.5. The summed E-state index contributed by atoms with van der Waals surface area (Å²) in [6, 6.07) is 9.18. The Morgan fingerprint density at radius 1 is 1.30 bits per heavy atom. The maximum absolute atomic E-state index is 12.7. The maximum atomic E-state index is 12.7. The molecule has 1 fully saturated rings. The lowest BCUT2D eigenvalue weighted by Crippen LogP contribution is -2.29. The monoisotopic (exact) mass is 445 g/mol. The number of benzene rings is 1. The lowest BCUT2D eigenvalue weighted by Gasteiger charge is -2.14. The highest BCUT2D eigenvalue weighted by molar-refractivity contribution is 8.26. The number of aromatic nitrogens is 1. The lowest BCUT2D eigenvalue weighted by atomic mass is 10.1. The first-order valence-electron chi connectivity index (χ1n) is 9.59. The van der Waals surface area contributed by atoms with Crippen molar-refractivity contribution in [3.05, 3.63) is 46.6 Å². The average molecular weight is 446 g/mol. The van der Waals surface area contributed by atoms with Crippen LogP contribution in [-0.4, -0.2) is 39.8 Å². The van der Waals surface area contributed by atoms with Crippen LogP contribution in [0.2, 0.25) is 0 Å². The number of nitrogens with zero attached hydrogens (tertiary/aromatic N) is 2. The minimum atomic E-state index is -0.101. The zero-order valence-electron chi connectivity index (χ0n) is 16.8. The second kappa shape index (κ2) is 10.4. The molecule has 0 radical (unpaired) electrons. The number of hydrogen-bond donors (Lipinski definition) is 1. The van der Waals surface area contributed by atoms with Crippen molar-refractivity contribution in [3.63, 3.8) is 0 Å². The summed E-state index contributed by atoms with van der Waals surface area (Å²) in [6.07, 6.45) is 4.55. The van der Waals surface area contributed by atoms with Crippen LogP contribution in [-0.2, 0) is 9.59 Å². The van der Waals surface area contributed by atoms with E-state index >= 15 is 0 Å². The van der Waals surface area contributed by atoms with Crippen LogP contribution in [0.15, 0.2) is 39.8 Å². The molecule has 0 bridgehead atoms. The van der Waals surface area contributed by atoms with Crippen LogP contribution < -0.4 is 10.1 Å². The minimum absolute atomic E-state index is 0.0695. The van der Waals surface area contributed by atoms with Crippen molar-refractivity contribution < 1.29 is 18.8 Å². The number of unbranched alkanes of at least 4 members (excludes halogenated alkanes) is 2. The van der Waals surface area contributed by atoms with Crippen LogP contribution in [0.3, 0.4) is 0 Å². The molecule has 158 valence electrons. The lowest BCUT2D eigenvalue weighted by molar-refractivity contribution is -0.122. The van der Waals surface area contributed by atoms with Gasteiger partial charge < -0.3 is 14.6 Å². The van der Waals surface area contributed by atoms with E-state index in [2.05, 4.69) is 10.5 Å².